The zero-order valence-electron chi connectivity index (χ0n) is 30.6. The number of rotatable bonds is 8. The second-order valence-corrected chi connectivity index (χ2v) is 13.1. The molecule has 5 heterocycles. The van der Waals surface area contributed by atoms with Gasteiger partial charge in [-0.15, -0.1) is 0 Å². The van der Waals surface area contributed by atoms with Crippen molar-refractivity contribution in [1.29, 1.82) is 0 Å². The fourth-order valence-corrected chi connectivity index (χ4v) is 7.02. The molecule has 0 fully saturated rings. The van der Waals surface area contributed by atoms with Crippen molar-refractivity contribution in [2.45, 2.75) is 0 Å². The van der Waals surface area contributed by atoms with E-state index in [1.54, 1.807) is 0 Å². The van der Waals surface area contributed by atoms with E-state index in [4.69, 9.17) is 0 Å². The van der Waals surface area contributed by atoms with Crippen LogP contribution in [-0.2, 0) is 17.1 Å². The summed E-state index contributed by atoms with van der Waals surface area (Å²) in [7, 11) is 0. The molecule has 0 atom stereocenters. The molecule has 0 saturated heterocycles. The van der Waals surface area contributed by atoms with Gasteiger partial charge in [-0.25, -0.2) is 9.97 Å². The summed E-state index contributed by atoms with van der Waals surface area (Å²) >= 11 is 0. The van der Waals surface area contributed by atoms with Gasteiger partial charge in [0, 0.05) is 68.8 Å². The van der Waals surface area contributed by atoms with Gasteiger partial charge in [-0.3, -0.25) is 80.9 Å². The fraction of sp³-hybridized carbons (Fsp3) is 0. The van der Waals surface area contributed by atoms with E-state index >= 15 is 0 Å². The monoisotopic (exact) mass is 935 g/mol. The first-order valence-corrected chi connectivity index (χ1v) is 16.9. The van der Waals surface area contributed by atoms with Crippen molar-refractivity contribution < 1.29 is 56.5 Å². The van der Waals surface area contributed by atoms with Gasteiger partial charge in [-0.2, -0.15) is 0 Å². The number of fused-ring (bicyclic) bond motifs is 20. The number of hydrogen-bond acceptors (Lipinski definition) is 22. The standard InChI is InChI=1S/C32H8N16O16.Cu/c49-41(50)9-1-13-21(17(5-9)45(57)58)29-33-25(13)37-30-22-14(2-10(42(51)52)6-18(22)46(59)60)27(34-30)39-32-24-16(4-12(44(55)56)8-20(24)48(63)64)28(36-32)40-31-23-15(26(35-31)38-29)3-11(43(53)54)7-19(23)47(61)62;/h1-8H;/q-2;+2. The van der Waals surface area contributed by atoms with E-state index in [2.05, 4.69) is 39.9 Å². The van der Waals surface area contributed by atoms with Gasteiger partial charge in [-0.1, -0.05) is 0 Å². The van der Waals surface area contributed by atoms with Crippen molar-refractivity contribution in [1.82, 2.24) is 39.9 Å². The van der Waals surface area contributed by atoms with Crippen LogP contribution in [-0.4, -0.2) is 69.3 Å². The first-order chi connectivity index (χ1) is 30.3. The molecule has 32 nitrogen and oxygen atoms in total. The number of non-ortho nitro benzene ring substituents is 6. The minimum absolute atomic E-state index is 0. The Morgan fingerprint density at radius 3 is 0.938 bits per heavy atom. The van der Waals surface area contributed by atoms with Crippen LogP contribution >= 0.6 is 0 Å². The minimum Gasteiger partial charge on any atom is -0.357 e. The third-order valence-electron chi connectivity index (χ3n) is 9.59. The second kappa shape index (κ2) is 14.6. The Hall–Kier alpha value is -10.0. The molecule has 8 bridgehead atoms. The Morgan fingerprint density at radius 2 is 0.631 bits per heavy atom. The van der Waals surface area contributed by atoms with E-state index in [1.807, 2.05) is 0 Å². The summed E-state index contributed by atoms with van der Waals surface area (Å²) in [6.07, 6.45) is 0. The topological polar surface area (TPSA) is 451 Å². The maximum Gasteiger partial charge on any atom is 2.00 e. The zero-order chi connectivity index (χ0) is 45.8. The molecule has 0 N–H and O–H groups in total. The number of hydrogen-bond donors (Lipinski definition) is 0. The van der Waals surface area contributed by atoms with Crippen molar-refractivity contribution in [2.75, 3.05) is 0 Å². The summed E-state index contributed by atoms with van der Waals surface area (Å²) in [5, 5.41) is 95.7. The smallest absolute Gasteiger partial charge is 0.357 e. The molecule has 1 radical (unpaired) electrons. The molecule has 323 valence electrons. The third kappa shape index (κ3) is 6.48. The molecule has 65 heavy (non-hydrogen) atoms. The van der Waals surface area contributed by atoms with Crippen LogP contribution in [0.4, 0.5) is 45.5 Å². The summed E-state index contributed by atoms with van der Waals surface area (Å²) < 4.78 is 0. The number of nitro benzene ring substituents is 8. The number of nitrogens with zero attached hydrogens (tertiary/aromatic N) is 16. The summed E-state index contributed by atoms with van der Waals surface area (Å²) in [4.78, 5) is 123. The Bertz CT molecular complexity index is 3450. The molecule has 0 saturated carbocycles. The quantitative estimate of drug-likeness (QED) is 0.105. The van der Waals surface area contributed by atoms with Crippen LogP contribution in [0.15, 0.2) is 48.5 Å². The van der Waals surface area contributed by atoms with Crippen LogP contribution in [0.1, 0.15) is 0 Å². The van der Waals surface area contributed by atoms with Crippen molar-refractivity contribution in [2.24, 2.45) is 0 Å². The van der Waals surface area contributed by atoms with E-state index in [9.17, 15) is 80.9 Å². The number of nitro groups is 8. The van der Waals surface area contributed by atoms with E-state index < -0.39 is 175 Å². The van der Waals surface area contributed by atoms with Gasteiger partial charge in [0.25, 0.3) is 45.5 Å². The van der Waals surface area contributed by atoms with Crippen LogP contribution in [0.3, 0.4) is 0 Å². The van der Waals surface area contributed by atoms with E-state index in [-0.39, 0.29) is 17.1 Å². The van der Waals surface area contributed by atoms with Gasteiger partial charge in [0.15, 0.2) is 0 Å². The number of aromatic nitrogens is 8. The molecule has 0 unspecified atom stereocenters. The second-order valence-electron chi connectivity index (χ2n) is 13.1. The summed E-state index contributed by atoms with van der Waals surface area (Å²) in [6, 6.07) is 5.08. The van der Waals surface area contributed by atoms with Gasteiger partial charge < -0.3 is 29.9 Å². The van der Waals surface area contributed by atoms with Gasteiger partial charge in [0.05, 0.1) is 109 Å². The van der Waals surface area contributed by atoms with Gasteiger partial charge in [0.2, 0.25) is 0 Å². The Labute approximate surface area is 360 Å². The van der Waals surface area contributed by atoms with E-state index in [0.717, 1.165) is 24.3 Å². The predicted octanol–water partition coefficient (Wildman–Crippen LogP) is 5.39. The average Bonchev–Trinajstić information content (AvgIpc) is 3.97. The van der Waals surface area contributed by atoms with E-state index in [1.165, 1.54) is 0 Å². The van der Waals surface area contributed by atoms with Crippen molar-refractivity contribution in [3.05, 3.63) is 129 Å². The van der Waals surface area contributed by atoms with Gasteiger partial charge >= 0.3 is 17.1 Å². The molecule has 0 spiro atoms. The maximum atomic E-state index is 12.5. The van der Waals surface area contributed by atoms with Crippen molar-refractivity contribution >= 4 is 89.6 Å². The third-order valence-corrected chi connectivity index (χ3v) is 9.59. The van der Waals surface area contributed by atoms with Crippen LogP contribution in [0.5, 0.6) is 0 Å². The molecular formula is C32H8CuN16O16. The summed E-state index contributed by atoms with van der Waals surface area (Å²) in [6.45, 7) is 0. The Balaban J connectivity index is 0.00000576. The minimum atomic E-state index is -1.08. The molecular weight excluding hydrogens is 928 g/mol. The SMILES string of the molecule is O=[N+]([O-])c1cc2c(c([N+](=O)[O-])c1)-c1nc-2nc2[n-]c(nc3nc(nc4[n-]c(n1)c1cc([N+](=O)[O-])cc([N+](=O)[O-])c41)-c1cc([N+](=O)[O-])cc([N+](=O)[O-])c1-3)c1cc([N+](=O)[O-])cc([N+](=O)[O-])c21.[Cu+2]. The Morgan fingerprint density at radius 1 is 0.338 bits per heavy atom. The van der Waals surface area contributed by atoms with Gasteiger partial charge in [0.1, 0.15) is 0 Å². The largest absolute Gasteiger partial charge is 2.00 e. The van der Waals surface area contributed by atoms with E-state index in [0.29, 0.717) is 24.3 Å². The van der Waals surface area contributed by atoms with Gasteiger partial charge in [-0.05, 0) is 0 Å². The Kier molecular flexibility index (Phi) is 9.34. The van der Waals surface area contributed by atoms with Crippen LogP contribution in [0.2, 0.25) is 0 Å². The molecule has 0 amide bonds. The van der Waals surface area contributed by atoms with Crippen molar-refractivity contribution in [3.8, 4) is 45.6 Å². The molecule has 7 aromatic rings. The molecule has 9 rings (SSSR count). The van der Waals surface area contributed by atoms with Crippen LogP contribution in [0.25, 0.3) is 89.7 Å². The van der Waals surface area contributed by atoms with Crippen LogP contribution < -0.4 is 9.97 Å². The first kappa shape index (κ1) is 41.7. The first-order valence-electron chi connectivity index (χ1n) is 16.9. The zero-order valence-corrected chi connectivity index (χ0v) is 31.5. The molecule has 2 aliphatic heterocycles. The summed E-state index contributed by atoms with van der Waals surface area (Å²) in [5.74, 6) is -2.99. The molecule has 2 aliphatic rings. The normalized spacial score (nSPS) is 11.3. The maximum absolute atomic E-state index is 12.5. The molecule has 4 aromatic carbocycles. The molecule has 3 aromatic heterocycles. The summed E-state index contributed by atoms with van der Waals surface area (Å²) in [5.41, 5.74) is -13.1. The predicted molar refractivity (Wildman–Crippen MR) is 207 cm³/mol. The number of benzene rings is 4. The molecule has 0 aliphatic carbocycles. The average molecular weight is 936 g/mol. The van der Waals surface area contributed by atoms with Crippen LogP contribution in [0, 0.1) is 80.9 Å². The fourth-order valence-electron chi connectivity index (χ4n) is 7.02. The van der Waals surface area contributed by atoms with Crippen molar-refractivity contribution in [3.63, 3.8) is 0 Å². The molecule has 33 heteroatoms.